The van der Waals surface area contributed by atoms with Crippen molar-refractivity contribution >= 4 is 17.7 Å². The first-order chi connectivity index (χ1) is 21.0. The highest BCUT2D eigenvalue weighted by molar-refractivity contribution is 5.97. The molecule has 43 heavy (non-hydrogen) atoms. The van der Waals surface area contributed by atoms with Crippen LogP contribution in [0.5, 0.6) is 5.75 Å². The fraction of sp³-hybridized carbons (Fsp3) is 0.294. The summed E-state index contributed by atoms with van der Waals surface area (Å²) in [5.74, 6) is -0.833. The second-order valence-electron chi connectivity index (χ2n) is 10.5. The molecule has 0 unspecified atom stereocenters. The summed E-state index contributed by atoms with van der Waals surface area (Å²) in [6, 6.07) is 25.6. The summed E-state index contributed by atoms with van der Waals surface area (Å²) in [4.78, 5) is 36.6. The molecule has 4 aromatic rings. The van der Waals surface area contributed by atoms with E-state index in [1.165, 1.54) is 5.56 Å². The number of nitrogens with one attached hydrogen (secondary N) is 2. The first-order valence-corrected chi connectivity index (χ1v) is 14.7. The zero-order valence-corrected chi connectivity index (χ0v) is 24.4. The number of rotatable bonds is 17. The fourth-order valence-electron chi connectivity index (χ4n) is 4.68. The van der Waals surface area contributed by atoms with E-state index in [9.17, 15) is 14.4 Å². The highest BCUT2D eigenvalue weighted by atomic mass is 16.5. The molecule has 0 saturated heterocycles. The normalized spacial score (nSPS) is 11.4. The minimum Gasteiger partial charge on any atom is -0.494 e. The van der Waals surface area contributed by atoms with Crippen molar-refractivity contribution in [2.75, 3.05) is 13.2 Å². The molecule has 1 atom stereocenters. The first kappa shape index (κ1) is 31.0. The van der Waals surface area contributed by atoms with Crippen LogP contribution in [0.25, 0.3) is 0 Å². The Morgan fingerprint density at radius 3 is 2.21 bits per heavy atom. The minimum atomic E-state index is -0.861. The number of aryl methyl sites for hydroxylation is 1. The molecule has 0 saturated carbocycles. The molecular formula is C34H40N5O4+. The number of nitrogens with zero attached hydrogens (tertiary/aromatic N) is 2. The van der Waals surface area contributed by atoms with Gasteiger partial charge in [-0.25, -0.2) is 9.13 Å². The van der Waals surface area contributed by atoms with Crippen LogP contribution in [0.4, 0.5) is 0 Å². The molecule has 224 valence electrons. The van der Waals surface area contributed by atoms with E-state index in [4.69, 9.17) is 10.5 Å². The maximum Gasteiger partial charge on any atom is 0.251 e. The Hall–Kier alpha value is -4.92. The number of benzene rings is 3. The third kappa shape index (κ3) is 10.8. The molecule has 0 aliphatic rings. The van der Waals surface area contributed by atoms with Crippen molar-refractivity contribution < 1.29 is 23.7 Å². The zero-order chi connectivity index (χ0) is 30.3. The van der Waals surface area contributed by atoms with Gasteiger partial charge in [-0.2, -0.15) is 0 Å². The number of unbranched alkanes of at least 4 members (excludes halogenated alkanes) is 3. The fourth-order valence-corrected chi connectivity index (χ4v) is 4.68. The molecule has 9 nitrogen and oxygen atoms in total. The van der Waals surface area contributed by atoms with Gasteiger partial charge in [0.2, 0.25) is 18.1 Å². The van der Waals surface area contributed by atoms with Crippen LogP contribution in [0.15, 0.2) is 104 Å². The van der Waals surface area contributed by atoms with Crippen molar-refractivity contribution in [3.05, 3.63) is 120 Å². The van der Waals surface area contributed by atoms with Crippen LogP contribution < -0.4 is 25.7 Å². The van der Waals surface area contributed by atoms with Gasteiger partial charge in [0.15, 0.2) is 0 Å². The Kier molecular flexibility index (Phi) is 11.9. The monoisotopic (exact) mass is 582 g/mol. The second kappa shape index (κ2) is 16.5. The van der Waals surface area contributed by atoms with E-state index in [-0.39, 0.29) is 13.0 Å². The summed E-state index contributed by atoms with van der Waals surface area (Å²) < 4.78 is 10.3. The molecule has 4 rings (SSSR count). The molecule has 0 spiro atoms. The number of ether oxygens (including phenoxy) is 1. The molecular weight excluding hydrogens is 542 g/mol. The number of imidazole rings is 1. The number of hydrogen-bond acceptors (Lipinski definition) is 4. The molecule has 0 bridgehead atoms. The summed E-state index contributed by atoms with van der Waals surface area (Å²) >= 11 is 0. The molecule has 3 aromatic carbocycles. The third-order valence-corrected chi connectivity index (χ3v) is 7.02. The predicted octanol–water partition coefficient (Wildman–Crippen LogP) is 3.41. The summed E-state index contributed by atoms with van der Waals surface area (Å²) in [5.41, 5.74) is 8.02. The van der Waals surface area contributed by atoms with E-state index in [2.05, 4.69) is 62.8 Å². The van der Waals surface area contributed by atoms with Gasteiger partial charge in [-0.3, -0.25) is 14.4 Å². The highest BCUT2D eigenvalue weighted by Gasteiger charge is 2.19. The number of carbonyl (C=O) groups excluding carboxylic acids is 3. The third-order valence-electron chi connectivity index (χ3n) is 7.02. The smallest absolute Gasteiger partial charge is 0.251 e. The van der Waals surface area contributed by atoms with Crippen molar-refractivity contribution in [1.82, 2.24) is 15.2 Å². The van der Waals surface area contributed by atoms with Gasteiger partial charge in [0.05, 0.1) is 19.7 Å². The number of primary amides is 1. The Morgan fingerprint density at radius 1 is 0.837 bits per heavy atom. The largest absolute Gasteiger partial charge is 0.494 e. The SMILES string of the molecule is NC(=O)[C@H](Cc1ccccc1)NC(=O)CNC(=O)c1ccc(OCCCCCCn2cc[n+](Cc3ccccc3)c2)cc1. The molecule has 0 radical (unpaired) electrons. The predicted molar refractivity (Wildman–Crippen MR) is 164 cm³/mol. The van der Waals surface area contributed by atoms with E-state index in [0.717, 1.165) is 44.3 Å². The average Bonchev–Trinajstić information content (AvgIpc) is 3.47. The summed E-state index contributed by atoms with van der Waals surface area (Å²) in [7, 11) is 0. The number of hydrogen-bond donors (Lipinski definition) is 3. The number of nitrogens with two attached hydrogens (primary N) is 1. The topological polar surface area (TPSA) is 119 Å². The van der Waals surface area contributed by atoms with Crippen LogP contribution in [-0.2, 0) is 29.1 Å². The molecule has 1 heterocycles. The molecule has 9 heteroatoms. The van der Waals surface area contributed by atoms with Crippen LogP contribution in [-0.4, -0.2) is 41.5 Å². The highest BCUT2D eigenvalue weighted by Crippen LogP contribution is 2.13. The summed E-state index contributed by atoms with van der Waals surface area (Å²) in [5, 5.41) is 5.16. The van der Waals surface area contributed by atoms with Crippen LogP contribution in [0.1, 0.15) is 47.2 Å². The van der Waals surface area contributed by atoms with Crippen LogP contribution in [0, 0.1) is 0 Å². The van der Waals surface area contributed by atoms with Gasteiger partial charge < -0.3 is 21.1 Å². The molecule has 0 fully saturated rings. The number of aromatic nitrogens is 2. The van der Waals surface area contributed by atoms with Gasteiger partial charge in [-0.1, -0.05) is 60.7 Å². The van der Waals surface area contributed by atoms with Gasteiger partial charge in [-0.05, 0) is 61.1 Å². The van der Waals surface area contributed by atoms with Crippen molar-refractivity contribution in [2.45, 2.75) is 51.2 Å². The first-order valence-electron chi connectivity index (χ1n) is 14.7. The van der Waals surface area contributed by atoms with Crippen LogP contribution >= 0.6 is 0 Å². The van der Waals surface area contributed by atoms with Crippen molar-refractivity contribution in [2.24, 2.45) is 5.73 Å². The van der Waals surface area contributed by atoms with Crippen molar-refractivity contribution in [3.63, 3.8) is 0 Å². The number of carbonyl (C=O) groups is 3. The van der Waals surface area contributed by atoms with E-state index in [1.54, 1.807) is 24.3 Å². The molecule has 3 amide bonds. The Bertz CT molecular complexity index is 1440. The van der Waals surface area contributed by atoms with Gasteiger partial charge in [0, 0.05) is 12.0 Å². The van der Waals surface area contributed by atoms with E-state index < -0.39 is 23.8 Å². The van der Waals surface area contributed by atoms with Gasteiger partial charge in [0.25, 0.3) is 5.91 Å². The minimum absolute atomic E-state index is 0.270. The van der Waals surface area contributed by atoms with Crippen LogP contribution in [0.3, 0.4) is 0 Å². The lowest BCUT2D eigenvalue weighted by atomic mass is 10.1. The van der Waals surface area contributed by atoms with Crippen molar-refractivity contribution in [3.8, 4) is 5.75 Å². The lowest BCUT2D eigenvalue weighted by Gasteiger charge is -2.16. The second-order valence-corrected chi connectivity index (χ2v) is 10.5. The average molecular weight is 583 g/mol. The van der Waals surface area contributed by atoms with E-state index in [0.29, 0.717) is 17.9 Å². The quantitative estimate of drug-likeness (QED) is 0.131. The Balaban J connectivity index is 1.08. The zero-order valence-electron chi connectivity index (χ0n) is 24.4. The maximum atomic E-state index is 12.5. The van der Waals surface area contributed by atoms with Crippen molar-refractivity contribution in [1.29, 1.82) is 0 Å². The Labute approximate surface area is 252 Å². The standard InChI is InChI=1S/C34H39N5O4/c35-33(41)31(23-27-11-5-3-6-12-27)37-32(40)24-36-34(42)29-15-17-30(18-16-29)43-22-10-2-1-9-19-38-20-21-39(26-38)25-28-13-7-4-8-14-28/h3-8,11-18,20-21,26,31H,1-2,9-10,19,22-25H2,(H3-,35,36,37,40,41,42)/p+1/t31-/m0/s1. The lowest BCUT2D eigenvalue weighted by Crippen LogP contribution is -2.49. The Morgan fingerprint density at radius 2 is 1.51 bits per heavy atom. The van der Waals surface area contributed by atoms with E-state index >= 15 is 0 Å². The van der Waals surface area contributed by atoms with Gasteiger partial charge in [-0.15, -0.1) is 0 Å². The lowest BCUT2D eigenvalue weighted by molar-refractivity contribution is -0.687. The van der Waals surface area contributed by atoms with Gasteiger partial charge >= 0.3 is 0 Å². The van der Waals surface area contributed by atoms with E-state index in [1.807, 2.05) is 36.4 Å². The maximum absolute atomic E-state index is 12.5. The summed E-state index contributed by atoms with van der Waals surface area (Å²) in [6.45, 7) is 2.21. The van der Waals surface area contributed by atoms with Gasteiger partial charge in [0.1, 0.15) is 30.7 Å². The summed E-state index contributed by atoms with van der Waals surface area (Å²) in [6.07, 6.45) is 10.9. The molecule has 4 N–H and O–H groups in total. The number of amides is 3. The molecule has 0 aliphatic carbocycles. The van der Waals surface area contributed by atoms with Crippen LogP contribution in [0.2, 0.25) is 0 Å². The molecule has 1 aromatic heterocycles. The molecule has 0 aliphatic heterocycles.